The summed E-state index contributed by atoms with van der Waals surface area (Å²) in [6, 6.07) is 8.17. The van der Waals surface area contributed by atoms with Crippen LogP contribution in [0.1, 0.15) is 40.9 Å². The van der Waals surface area contributed by atoms with E-state index >= 15 is 0 Å². The molecule has 0 spiro atoms. The molecule has 0 aromatic heterocycles. The van der Waals surface area contributed by atoms with Crippen LogP contribution in [0.25, 0.3) is 6.08 Å². The molecule has 2 aliphatic rings. The van der Waals surface area contributed by atoms with E-state index in [1.54, 1.807) is 18.2 Å². The number of hydrogen-bond donors (Lipinski definition) is 0. The highest BCUT2D eigenvalue weighted by Gasteiger charge is 2.33. The highest BCUT2D eigenvalue weighted by atomic mass is 16.6. The Hall–Kier alpha value is -3.19. The summed E-state index contributed by atoms with van der Waals surface area (Å²) in [4.78, 5) is 25.4. The van der Waals surface area contributed by atoms with E-state index in [1.807, 2.05) is 13.0 Å². The maximum absolute atomic E-state index is 12.9. The van der Waals surface area contributed by atoms with Crippen LogP contribution in [0.4, 0.5) is 5.69 Å². The lowest BCUT2D eigenvalue weighted by Gasteiger charge is -2.32. The lowest BCUT2D eigenvalue weighted by atomic mass is 9.99. The molecule has 2 heterocycles. The Morgan fingerprint density at radius 3 is 2.57 bits per heavy atom. The molecule has 0 bridgehead atoms. The second-order valence-corrected chi connectivity index (χ2v) is 7.27. The van der Waals surface area contributed by atoms with Gasteiger partial charge in [-0.25, -0.2) is 0 Å². The van der Waals surface area contributed by atoms with E-state index < -0.39 is 4.92 Å². The van der Waals surface area contributed by atoms with Crippen molar-refractivity contribution >= 4 is 17.5 Å². The van der Waals surface area contributed by atoms with E-state index in [2.05, 4.69) is 18.7 Å². The Labute approximate surface area is 162 Å². The third-order valence-electron chi connectivity index (χ3n) is 5.10. The van der Waals surface area contributed by atoms with Crippen molar-refractivity contribution < 1.29 is 19.2 Å². The molecule has 7 heteroatoms. The van der Waals surface area contributed by atoms with Gasteiger partial charge in [-0.3, -0.25) is 19.8 Å². The first-order valence-corrected chi connectivity index (χ1v) is 9.07. The molecule has 2 aliphatic heterocycles. The minimum Gasteiger partial charge on any atom is -0.477 e. The number of rotatable bonds is 3. The summed E-state index contributed by atoms with van der Waals surface area (Å²) in [6.07, 6.45) is 1.60. The fourth-order valence-corrected chi connectivity index (χ4v) is 3.44. The predicted molar refractivity (Wildman–Crippen MR) is 103 cm³/mol. The molecule has 4 rings (SSSR count). The molecule has 0 amide bonds. The Morgan fingerprint density at radius 2 is 1.93 bits per heavy atom. The SMILES string of the molecule is Cc1c2c(cc3c1O/C(=C\c1ccc([N+](=O)[O-])cc1)C3=O)CN(C(C)C)CO2. The number of Topliss-reactive ketones (excluding diaryl/α,β-unsaturated/α-hetero) is 1. The van der Waals surface area contributed by atoms with E-state index in [9.17, 15) is 14.9 Å². The third-order valence-corrected chi connectivity index (χ3v) is 5.10. The first-order chi connectivity index (χ1) is 13.3. The summed E-state index contributed by atoms with van der Waals surface area (Å²) in [5, 5.41) is 10.8. The molecule has 144 valence electrons. The number of nitrogens with zero attached hydrogens (tertiary/aromatic N) is 2. The molecule has 0 saturated heterocycles. The third kappa shape index (κ3) is 3.03. The molecule has 0 saturated carbocycles. The van der Waals surface area contributed by atoms with E-state index in [0.717, 1.165) is 23.4 Å². The molecule has 2 aromatic carbocycles. The van der Waals surface area contributed by atoms with Crippen LogP contribution in [0, 0.1) is 17.0 Å². The number of nitro groups is 1. The summed E-state index contributed by atoms with van der Waals surface area (Å²) >= 11 is 0. The summed E-state index contributed by atoms with van der Waals surface area (Å²) in [5.74, 6) is 1.31. The van der Waals surface area contributed by atoms with Crippen molar-refractivity contribution in [1.29, 1.82) is 0 Å². The van der Waals surface area contributed by atoms with E-state index in [4.69, 9.17) is 9.47 Å². The lowest BCUT2D eigenvalue weighted by molar-refractivity contribution is -0.384. The highest BCUT2D eigenvalue weighted by molar-refractivity contribution is 6.15. The van der Waals surface area contributed by atoms with Gasteiger partial charge in [-0.15, -0.1) is 0 Å². The van der Waals surface area contributed by atoms with Gasteiger partial charge >= 0.3 is 0 Å². The van der Waals surface area contributed by atoms with Crippen molar-refractivity contribution in [3.63, 3.8) is 0 Å². The van der Waals surface area contributed by atoms with Gasteiger partial charge in [-0.2, -0.15) is 0 Å². The number of ether oxygens (including phenoxy) is 2. The minimum absolute atomic E-state index is 0.000483. The Morgan fingerprint density at radius 1 is 1.21 bits per heavy atom. The number of carbonyl (C=O) groups excluding carboxylic acids is 1. The minimum atomic E-state index is -0.460. The van der Waals surface area contributed by atoms with Gasteiger partial charge in [0.05, 0.1) is 10.5 Å². The Bertz CT molecular complexity index is 1010. The molecule has 2 aromatic rings. The van der Waals surface area contributed by atoms with Crippen molar-refractivity contribution in [2.45, 2.75) is 33.4 Å². The van der Waals surface area contributed by atoms with Gasteiger partial charge in [0.15, 0.2) is 5.76 Å². The average molecular weight is 380 g/mol. The summed E-state index contributed by atoms with van der Waals surface area (Å²) in [6.45, 7) is 7.33. The van der Waals surface area contributed by atoms with Crippen LogP contribution in [0.3, 0.4) is 0 Å². The van der Waals surface area contributed by atoms with Crippen LogP contribution in [0.2, 0.25) is 0 Å². The van der Waals surface area contributed by atoms with E-state index in [1.165, 1.54) is 12.1 Å². The second-order valence-electron chi connectivity index (χ2n) is 7.27. The van der Waals surface area contributed by atoms with Crippen LogP contribution in [-0.2, 0) is 6.54 Å². The standard InChI is InChI=1S/C21H20N2O5/c1-12(2)22-10-15-9-17-19(24)18(28-21(17)13(3)20(15)27-11-22)8-14-4-6-16(7-5-14)23(25)26/h4-9,12H,10-11H2,1-3H3/b18-8-. The quantitative estimate of drug-likeness (QED) is 0.453. The average Bonchev–Trinajstić information content (AvgIpc) is 2.98. The van der Waals surface area contributed by atoms with Crippen molar-refractivity contribution in [3.8, 4) is 11.5 Å². The molecule has 0 N–H and O–H groups in total. The van der Waals surface area contributed by atoms with Crippen molar-refractivity contribution in [2.24, 2.45) is 0 Å². The molecule has 0 radical (unpaired) electrons. The summed E-state index contributed by atoms with van der Waals surface area (Å²) < 4.78 is 11.8. The zero-order chi connectivity index (χ0) is 20.0. The zero-order valence-corrected chi connectivity index (χ0v) is 15.9. The van der Waals surface area contributed by atoms with Gasteiger partial charge in [0.1, 0.15) is 18.2 Å². The van der Waals surface area contributed by atoms with E-state index in [-0.39, 0.29) is 17.2 Å². The molecule has 7 nitrogen and oxygen atoms in total. The van der Waals surface area contributed by atoms with Crippen LogP contribution in [-0.4, -0.2) is 28.4 Å². The topological polar surface area (TPSA) is 81.9 Å². The maximum Gasteiger partial charge on any atom is 0.269 e. The van der Waals surface area contributed by atoms with Gasteiger partial charge in [0.2, 0.25) is 5.78 Å². The number of fused-ring (bicyclic) bond motifs is 2. The van der Waals surface area contributed by atoms with Crippen molar-refractivity contribution in [3.05, 3.63) is 68.5 Å². The molecular weight excluding hydrogens is 360 g/mol. The monoisotopic (exact) mass is 380 g/mol. The fraction of sp³-hybridized carbons (Fsp3) is 0.286. The first kappa shape index (κ1) is 18.2. The Balaban J connectivity index is 1.67. The number of nitro benzene ring substituents is 1. The largest absolute Gasteiger partial charge is 0.477 e. The molecular formula is C21H20N2O5. The number of carbonyl (C=O) groups is 1. The van der Waals surface area contributed by atoms with Gasteiger partial charge in [-0.1, -0.05) is 0 Å². The number of hydrogen-bond acceptors (Lipinski definition) is 6. The van der Waals surface area contributed by atoms with Crippen LogP contribution in [0.5, 0.6) is 11.5 Å². The van der Waals surface area contributed by atoms with Gasteiger partial charge in [0, 0.05) is 35.8 Å². The van der Waals surface area contributed by atoms with E-state index in [0.29, 0.717) is 29.6 Å². The molecule has 0 atom stereocenters. The number of benzene rings is 2. The normalized spacial score (nSPS) is 17.3. The number of non-ortho nitro benzene ring substituents is 1. The Kier molecular flexibility index (Phi) is 4.39. The highest BCUT2D eigenvalue weighted by Crippen LogP contribution is 2.43. The van der Waals surface area contributed by atoms with Crippen LogP contribution in [0.15, 0.2) is 36.1 Å². The predicted octanol–water partition coefficient (Wildman–Crippen LogP) is 4.08. The first-order valence-electron chi connectivity index (χ1n) is 9.07. The van der Waals surface area contributed by atoms with Gasteiger partial charge in [0.25, 0.3) is 5.69 Å². The van der Waals surface area contributed by atoms with Gasteiger partial charge < -0.3 is 9.47 Å². The van der Waals surface area contributed by atoms with Crippen LogP contribution >= 0.6 is 0 Å². The van der Waals surface area contributed by atoms with Crippen molar-refractivity contribution in [2.75, 3.05) is 6.73 Å². The fourth-order valence-electron chi connectivity index (χ4n) is 3.44. The van der Waals surface area contributed by atoms with Gasteiger partial charge in [-0.05, 0) is 50.6 Å². The smallest absolute Gasteiger partial charge is 0.269 e. The molecule has 0 fully saturated rings. The number of allylic oxidation sites excluding steroid dienone is 1. The molecule has 0 aliphatic carbocycles. The second kappa shape index (κ2) is 6.76. The van der Waals surface area contributed by atoms with Crippen molar-refractivity contribution in [1.82, 2.24) is 4.90 Å². The van der Waals surface area contributed by atoms with Crippen LogP contribution < -0.4 is 9.47 Å². The summed E-state index contributed by atoms with van der Waals surface area (Å²) in [7, 11) is 0. The lowest BCUT2D eigenvalue weighted by Crippen LogP contribution is -2.37. The molecule has 0 unspecified atom stereocenters. The zero-order valence-electron chi connectivity index (χ0n) is 15.9. The maximum atomic E-state index is 12.9. The molecule has 28 heavy (non-hydrogen) atoms. The number of ketones is 1. The summed E-state index contributed by atoms with van der Waals surface area (Å²) in [5.41, 5.74) is 2.98.